The average Bonchev–Trinajstić information content (AvgIpc) is 3.22. The number of thioether (sulfide) groups is 2. The van der Waals surface area contributed by atoms with Gasteiger partial charge in [-0.2, -0.15) is 0 Å². The lowest BCUT2D eigenvalue weighted by molar-refractivity contribution is 0.270. The molecule has 158 valence electrons. The summed E-state index contributed by atoms with van der Waals surface area (Å²) < 4.78 is 0. The first-order valence-electron chi connectivity index (χ1n) is 10.6. The first-order chi connectivity index (χ1) is 15.3. The molecule has 0 bridgehead atoms. The Morgan fingerprint density at radius 2 is 1.97 bits per heavy atom. The number of nitrogens with one attached hydrogen (secondary N) is 1. The molecule has 1 aliphatic rings. The third-order valence-corrected chi connectivity index (χ3v) is 7.77. The van der Waals surface area contributed by atoms with E-state index in [9.17, 15) is 0 Å². The molecule has 4 aromatic rings. The molecular weight excluding hydrogens is 422 g/mol. The predicted octanol–water partition coefficient (Wildman–Crippen LogP) is 5.10. The first-order valence-corrected chi connectivity index (χ1v) is 12.5. The van der Waals surface area contributed by atoms with Gasteiger partial charge in [-0.15, -0.1) is 11.8 Å². The second-order valence-electron chi connectivity index (χ2n) is 7.75. The highest BCUT2D eigenvalue weighted by molar-refractivity contribution is 7.99. The van der Waals surface area contributed by atoms with Crippen molar-refractivity contribution in [2.45, 2.75) is 35.7 Å². The average molecular weight is 448 g/mol. The minimum absolute atomic E-state index is 0.802. The molecular formula is C24H25N5S2. The Morgan fingerprint density at radius 1 is 1.06 bits per heavy atom. The summed E-state index contributed by atoms with van der Waals surface area (Å²) in [4.78, 5) is 20.6. The van der Waals surface area contributed by atoms with Crippen molar-refractivity contribution >= 4 is 34.6 Å². The van der Waals surface area contributed by atoms with Crippen LogP contribution >= 0.6 is 23.5 Å². The minimum atomic E-state index is 0.802. The summed E-state index contributed by atoms with van der Waals surface area (Å²) in [6.07, 6.45) is 6.68. The maximum Gasteiger partial charge on any atom is 0.166 e. The number of nitrogens with zero attached hydrogens (tertiary/aromatic N) is 4. The van der Waals surface area contributed by atoms with E-state index in [1.165, 1.54) is 21.6 Å². The monoisotopic (exact) mass is 447 g/mol. The molecule has 1 aliphatic heterocycles. The smallest absolute Gasteiger partial charge is 0.166 e. The van der Waals surface area contributed by atoms with Crippen LogP contribution in [0.25, 0.3) is 11.0 Å². The molecule has 7 heteroatoms. The SMILES string of the molecule is Cc1c(SCCN2CCc3ccccc3C2)ccnc1CSc1nc2ccncc2[nH]1. The van der Waals surface area contributed by atoms with E-state index in [1.54, 1.807) is 18.0 Å². The number of benzene rings is 1. The van der Waals surface area contributed by atoms with E-state index in [1.807, 2.05) is 30.2 Å². The molecule has 0 unspecified atom stereocenters. The topological polar surface area (TPSA) is 57.7 Å². The lowest BCUT2D eigenvalue weighted by Crippen LogP contribution is -2.32. The molecule has 0 fully saturated rings. The summed E-state index contributed by atoms with van der Waals surface area (Å²) in [6, 6.07) is 12.9. The van der Waals surface area contributed by atoms with Crippen LogP contribution in [0, 0.1) is 6.92 Å². The quantitative estimate of drug-likeness (QED) is 0.398. The van der Waals surface area contributed by atoms with Crippen LogP contribution in [0.3, 0.4) is 0 Å². The van der Waals surface area contributed by atoms with Gasteiger partial charge in [0.05, 0.1) is 22.9 Å². The Balaban J connectivity index is 1.17. The molecule has 0 radical (unpaired) electrons. The van der Waals surface area contributed by atoms with Gasteiger partial charge in [-0.1, -0.05) is 36.0 Å². The minimum Gasteiger partial charge on any atom is -0.332 e. The van der Waals surface area contributed by atoms with Gasteiger partial charge >= 0.3 is 0 Å². The van der Waals surface area contributed by atoms with E-state index in [4.69, 9.17) is 0 Å². The molecule has 0 aliphatic carbocycles. The second kappa shape index (κ2) is 9.42. The van der Waals surface area contributed by atoms with Gasteiger partial charge in [-0.05, 0) is 42.2 Å². The largest absolute Gasteiger partial charge is 0.332 e. The van der Waals surface area contributed by atoms with Crippen LogP contribution in [0.15, 0.2) is 65.0 Å². The molecule has 0 spiro atoms. The molecule has 0 amide bonds. The Labute approximate surface area is 191 Å². The van der Waals surface area contributed by atoms with E-state index in [2.05, 4.69) is 62.1 Å². The van der Waals surface area contributed by atoms with Crippen LogP contribution in [0.1, 0.15) is 22.4 Å². The van der Waals surface area contributed by atoms with Crippen molar-refractivity contribution in [3.63, 3.8) is 0 Å². The Bertz CT molecular complexity index is 1160. The molecule has 4 heterocycles. The van der Waals surface area contributed by atoms with E-state index in [-0.39, 0.29) is 0 Å². The third kappa shape index (κ3) is 4.79. The number of aromatic amines is 1. The molecule has 5 rings (SSSR count). The second-order valence-corrected chi connectivity index (χ2v) is 9.85. The van der Waals surface area contributed by atoms with Crippen molar-refractivity contribution in [2.24, 2.45) is 0 Å². The fraction of sp³-hybridized carbons (Fsp3) is 0.292. The third-order valence-electron chi connectivity index (χ3n) is 5.74. The Morgan fingerprint density at radius 3 is 2.87 bits per heavy atom. The summed E-state index contributed by atoms with van der Waals surface area (Å²) in [5, 5.41) is 0.910. The maximum absolute atomic E-state index is 4.63. The number of pyridine rings is 2. The lowest BCUT2D eigenvalue weighted by Gasteiger charge is -2.28. The number of H-pyrrole nitrogens is 1. The van der Waals surface area contributed by atoms with Crippen LogP contribution in [0.5, 0.6) is 0 Å². The van der Waals surface area contributed by atoms with Gasteiger partial charge in [0, 0.05) is 48.4 Å². The van der Waals surface area contributed by atoms with Crippen LogP contribution in [0.2, 0.25) is 0 Å². The maximum atomic E-state index is 4.63. The van der Waals surface area contributed by atoms with Crippen LogP contribution in [-0.2, 0) is 18.7 Å². The number of hydrogen-bond donors (Lipinski definition) is 1. The first kappa shape index (κ1) is 20.5. The Kier molecular flexibility index (Phi) is 6.25. The highest BCUT2D eigenvalue weighted by atomic mass is 32.2. The zero-order chi connectivity index (χ0) is 21.0. The van der Waals surface area contributed by atoms with Crippen molar-refractivity contribution < 1.29 is 0 Å². The number of rotatable bonds is 7. The van der Waals surface area contributed by atoms with Crippen LogP contribution in [0.4, 0.5) is 0 Å². The van der Waals surface area contributed by atoms with Crippen molar-refractivity contribution in [3.8, 4) is 0 Å². The Hall–Kier alpha value is -2.35. The fourth-order valence-electron chi connectivity index (χ4n) is 3.93. The molecule has 31 heavy (non-hydrogen) atoms. The molecule has 1 N–H and O–H groups in total. The summed E-state index contributed by atoms with van der Waals surface area (Å²) >= 11 is 3.63. The standard InChI is InChI=1S/C24H25N5S2/c1-17-22(16-31-24-27-20-6-9-25-14-21(20)28-24)26-10-7-23(17)30-13-12-29-11-8-18-4-2-3-5-19(18)15-29/h2-7,9-10,14H,8,11-13,15-16H2,1H3,(H,27,28). The number of fused-ring (bicyclic) bond motifs is 2. The van der Waals surface area contributed by atoms with Crippen LogP contribution in [-0.4, -0.2) is 43.7 Å². The molecule has 0 atom stereocenters. The lowest BCUT2D eigenvalue weighted by atomic mass is 10.0. The summed E-state index contributed by atoms with van der Waals surface area (Å²) in [5.74, 6) is 1.90. The number of aromatic nitrogens is 4. The summed E-state index contributed by atoms with van der Waals surface area (Å²) in [6.45, 7) is 5.52. The van der Waals surface area contributed by atoms with Gasteiger partial charge in [-0.25, -0.2) is 4.98 Å². The van der Waals surface area contributed by atoms with Crippen molar-refractivity contribution in [1.29, 1.82) is 0 Å². The highest BCUT2D eigenvalue weighted by Crippen LogP contribution is 2.28. The predicted molar refractivity (Wildman–Crippen MR) is 129 cm³/mol. The zero-order valence-corrected chi connectivity index (χ0v) is 19.2. The zero-order valence-electron chi connectivity index (χ0n) is 17.5. The number of imidazole rings is 1. The van der Waals surface area contributed by atoms with Gasteiger partial charge in [-0.3, -0.25) is 14.9 Å². The van der Waals surface area contributed by atoms with Crippen molar-refractivity contribution in [2.75, 3.05) is 18.8 Å². The summed E-state index contributed by atoms with van der Waals surface area (Å²) in [5.41, 5.74) is 7.33. The van der Waals surface area contributed by atoms with Crippen molar-refractivity contribution in [1.82, 2.24) is 24.8 Å². The van der Waals surface area contributed by atoms with Gasteiger partial charge in [0.2, 0.25) is 0 Å². The molecule has 5 nitrogen and oxygen atoms in total. The van der Waals surface area contributed by atoms with Gasteiger partial charge in [0.25, 0.3) is 0 Å². The van der Waals surface area contributed by atoms with Gasteiger partial charge in [0.1, 0.15) is 0 Å². The highest BCUT2D eigenvalue weighted by Gasteiger charge is 2.15. The van der Waals surface area contributed by atoms with Gasteiger partial charge < -0.3 is 4.98 Å². The number of hydrogen-bond acceptors (Lipinski definition) is 6. The molecule has 0 saturated carbocycles. The summed E-state index contributed by atoms with van der Waals surface area (Å²) in [7, 11) is 0. The van der Waals surface area contributed by atoms with E-state index < -0.39 is 0 Å². The fourth-order valence-corrected chi connectivity index (χ4v) is 5.90. The van der Waals surface area contributed by atoms with E-state index in [0.29, 0.717) is 0 Å². The molecule has 1 aromatic carbocycles. The van der Waals surface area contributed by atoms with Crippen molar-refractivity contribution in [3.05, 3.63) is 77.4 Å². The van der Waals surface area contributed by atoms with Crippen LogP contribution < -0.4 is 0 Å². The normalized spacial score (nSPS) is 14.1. The molecule has 0 saturated heterocycles. The van der Waals surface area contributed by atoms with E-state index in [0.717, 1.165) is 59.4 Å². The van der Waals surface area contributed by atoms with E-state index >= 15 is 0 Å². The molecule has 3 aromatic heterocycles. The van der Waals surface area contributed by atoms with Gasteiger partial charge in [0.15, 0.2) is 5.16 Å².